The molecule has 3 aromatic carbocycles. The van der Waals surface area contributed by atoms with Crippen molar-refractivity contribution in [2.24, 2.45) is 0 Å². The van der Waals surface area contributed by atoms with Crippen LogP contribution in [0.4, 0.5) is 0 Å². The highest BCUT2D eigenvalue weighted by molar-refractivity contribution is 6.42. The molecule has 0 unspecified atom stereocenters. The molecule has 0 aromatic heterocycles. The van der Waals surface area contributed by atoms with Crippen LogP contribution in [0.5, 0.6) is 0 Å². The van der Waals surface area contributed by atoms with E-state index in [0.717, 1.165) is 22.3 Å². The summed E-state index contributed by atoms with van der Waals surface area (Å²) in [6.07, 6.45) is -0.310. The van der Waals surface area contributed by atoms with Gasteiger partial charge in [-0.15, -0.1) is 0 Å². The number of carbonyl (C=O) groups is 2. The molecule has 3 atom stereocenters. The zero-order valence-corrected chi connectivity index (χ0v) is 21.2. The molecule has 0 saturated carbocycles. The van der Waals surface area contributed by atoms with Crippen molar-refractivity contribution in [2.75, 3.05) is 7.11 Å². The van der Waals surface area contributed by atoms with E-state index in [1.165, 1.54) is 7.11 Å². The Hall–Kier alpha value is -2.86. The van der Waals surface area contributed by atoms with Gasteiger partial charge in [0.1, 0.15) is 0 Å². The Morgan fingerprint density at radius 1 is 0.914 bits per heavy atom. The molecule has 0 fully saturated rings. The second-order valence-electron chi connectivity index (χ2n) is 8.56. The lowest BCUT2D eigenvalue weighted by Crippen LogP contribution is -2.39. The van der Waals surface area contributed by atoms with E-state index in [0.29, 0.717) is 16.5 Å². The van der Waals surface area contributed by atoms with Gasteiger partial charge in [-0.25, -0.2) is 0 Å². The fraction of sp³-hybridized carbons (Fsp3) is 0.286. The largest absolute Gasteiger partial charge is 0.481 e. The molecular formula is C28H29Cl2NO4. The molecular weight excluding hydrogens is 485 g/mol. The van der Waals surface area contributed by atoms with Crippen LogP contribution < -0.4 is 5.32 Å². The number of benzene rings is 3. The fourth-order valence-corrected chi connectivity index (χ4v) is 4.43. The van der Waals surface area contributed by atoms with Gasteiger partial charge < -0.3 is 15.2 Å². The van der Waals surface area contributed by atoms with Crippen LogP contribution in [-0.2, 0) is 20.7 Å². The Morgan fingerprint density at radius 3 is 2.17 bits per heavy atom. The number of carboxylic acids is 1. The lowest BCUT2D eigenvalue weighted by Gasteiger charge is -2.27. The van der Waals surface area contributed by atoms with Crippen LogP contribution in [-0.4, -0.2) is 36.2 Å². The van der Waals surface area contributed by atoms with Crippen molar-refractivity contribution in [3.05, 3.63) is 94.0 Å². The first-order valence-corrected chi connectivity index (χ1v) is 12.2. The van der Waals surface area contributed by atoms with Gasteiger partial charge in [0.2, 0.25) is 5.91 Å². The van der Waals surface area contributed by atoms with Crippen LogP contribution in [0.25, 0.3) is 11.1 Å². The predicted octanol–water partition coefficient (Wildman–Crippen LogP) is 6.37. The molecule has 5 nitrogen and oxygen atoms in total. The van der Waals surface area contributed by atoms with Crippen molar-refractivity contribution in [1.29, 1.82) is 0 Å². The monoisotopic (exact) mass is 513 g/mol. The Morgan fingerprint density at radius 2 is 1.57 bits per heavy atom. The third-order valence-electron chi connectivity index (χ3n) is 6.03. The summed E-state index contributed by atoms with van der Waals surface area (Å²) in [4.78, 5) is 23.7. The van der Waals surface area contributed by atoms with Gasteiger partial charge >= 0.3 is 5.97 Å². The van der Waals surface area contributed by atoms with E-state index in [4.69, 9.17) is 33.0 Å². The number of methoxy groups -OCH3 is 1. The van der Waals surface area contributed by atoms with Crippen molar-refractivity contribution in [3.63, 3.8) is 0 Å². The van der Waals surface area contributed by atoms with Crippen LogP contribution in [0.15, 0.2) is 72.8 Å². The van der Waals surface area contributed by atoms with E-state index in [1.54, 1.807) is 6.07 Å². The average molecular weight is 514 g/mol. The van der Waals surface area contributed by atoms with Gasteiger partial charge in [0.15, 0.2) is 0 Å². The first-order valence-electron chi connectivity index (χ1n) is 11.4. The zero-order valence-electron chi connectivity index (χ0n) is 19.7. The number of ether oxygens (including phenoxy) is 1. The summed E-state index contributed by atoms with van der Waals surface area (Å²) in [5, 5.41) is 13.0. The van der Waals surface area contributed by atoms with Gasteiger partial charge in [0, 0.05) is 19.1 Å². The maximum atomic E-state index is 12.7. The minimum Gasteiger partial charge on any atom is -0.481 e. The molecule has 0 heterocycles. The molecule has 0 spiro atoms. The predicted molar refractivity (Wildman–Crippen MR) is 140 cm³/mol. The van der Waals surface area contributed by atoms with Gasteiger partial charge in [0.05, 0.1) is 29.0 Å². The number of nitrogens with one attached hydrogen (secondary N) is 1. The molecule has 35 heavy (non-hydrogen) atoms. The molecule has 0 aliphatic rings. The van der Waals surface area contributed by atoms with E-state index in [2.05, 4.69) is 41.7 Å². The number of hydrogen-bond donors (Lipinski definition) is 2. The van der Waals surface area contributed by atoms with E-state index in [9.17, 15) is 9.59 Å². The number of aliphatic carboxylic acids is 1. The second kappa shape index (κ2) is 12.7. The van der Waals surface area contributed by atoms with E-state index in [-0.39, 0.29) is 30.7 Å². The molecule has 1 amide bonds. The van der Waals surface area contributed by atoms with Crippen molar-refractivity contribution in [1.82, 2.24) is 5.32 Å². The summed E-state index contributed by atoms with van der Waals surface area (Å²) in [7, 11) is 1.41. The highest BCUT2D eigenvalue weighted by atomic mass is 35.5. The standard InChI is InChI=1S/C28H29Cl2NO4/c1-18(31-27(32)16-23(35-2)17-28(33)34)24(14-19-8-13-25(29)26(30)15-19)22-11-9-21(10-12-22)20-6-4-3-5-7-20/h3-13,15,18,23-24H,14,16-17H2,1-2H3,(H,31,32)(H,33,34)/t18-,23-,24+/m0/s1. The normalized spacial score (nSPS) is 13.6. The molecule has 3 rings (SSSR count). The average Bonchev–Trinajstić information content (AvgIpc) is 2.84. The Bertz CT molecular complexity index is 1140. The van der Waals surface area contributed by atoms with Crippen LogP contribution in [0.1, 0.15) is 36.8 Å². The number of carbonyl (C=O) groups excluding carboxylic acids is 1. The maximum absolute atomic E-state index is 12.7. The lowest BCUT2D eigenvalue weighted by molar-refractivity contribution is -0.140. The highest BCUT2D eigenvalue weighted by Crippen LogP contribution is 2.30. The fourth-order valence-electron chi connectivity index (χ4n) is 4.11. The van der Waals surface area contributed by atoms with E-state index in [1.807, 2.05) is 37.3 Å². The smallest absolute Gasteiger partial charge is 0.305 e. The number of carboxylic acid groups (broad SMARTS) is 1. The van der Waals surface area contributed by atoms with Crippen molar-refractivity contribution < 1.29 is 19.4 Å². The van der Waals surface area contributed by atoms with Crippen LogP contribution in [0, 0.1) is 0 Å². The van der Waals surface area contributed by atoms with Crippen molar-refractivity contribution in [2.45, 2.75) is 44.2 Å². The van der Waals surface area contributed by atoms with Crippen LogP contribution in [0.3, 0.4) is 0 Å². The second-order valence-corrected chi connectivity index (χ2v) is 9.38. The molecule has 3 aromatic rings. The summed E-state index contributed by atoms with van der Waals surface area (Å²) < 4.78 is 5.16. The highest BCUT2D eigenvalue weighted by Gasteiger charge is 2.24. The summed E-state index contributed by atoms with van der Waals surface area (Å²) in [5.41, 5.74) is 4.30. The number of hydrogen-bond acceptors (Lipinski definition) is 3. The van der Waals surface area contributed by atoms with Gasteiger partial charge in [-0.05, 0) is 47.7 Å². The third-order valence-corrected chi connectivity index (χ3v) is 6.77. The summed E-state index contributed by atoms with van der Waals surface area (Å²) in [5.74, 6) is -1.32. The third kappa shape index (κ3) is 7.82. The summed E-state index contributed by atoms with van der Waals surface area (Å²) >= 11 is 12.3. The maximum Gasteiger partial charge on any atom is 0.305 e. The molecule has 0 saturated heterocycles. The molecule has 0 bridgehead atoms. The molecule has 0 aliphatic heterocycles. The minimum atomic E-state index is -1.01. The Balaban J connectivity index is 1.82. The first-order chi connectivity index (χ1) is 16.8. The molecule has 184 valence electrons. The molecule has 2 N–H and O–H groups in total. The Labute approximate surface area is 216 Å². The molecule has 0 aliphatic carbocycles. The summed E-state index contributed by atoms with van der Waals surface area (Å²) in [6.45, 7) is 1.95. The van der Waals surface area contributed by atoms with Crippen LogP contribution in [0.2, 0.25) is 10.0 Å². The van der Waals surface area contributed by atoms with Gasteiger partial charge in [-0.3, -0.25) is 9.59 Å². The lowest BCUT2D eigenvalue weighted by atomic mass is 9.85. The quantitative estimate of drug-likeness (QED) is 0.312. The van der Waals surface area contributed by atoms with E-state index >= 15 is 0 Å². The number of amides is 1. The SMILES string of the molecule is CO[C@H](CC(=O)O)CC(=O)N[C@@H](C)[C@@H](Cc1ccc(Cl)c(Cl)c1)c1ccc(-c2ccccc2)cc1. The Kier molecular flexibility index (Phi) is 9.73. The van der Waals surface area contributed by atoms with E-state index < -0.39 is 12.1 Å². The number of halogens is 2. The minimum absolute atomic E-state index is 0.0282. The van der Waals surface area contributed by atoms with Crippen molar-refractivity contribution >= 4 is 35.1 Å². The topological polar surface area (TPSA) is 75.6 Å². The van der Waals surface area contributed by atoms with Gasteiger partial charge in [-0.2, -0.15) is 0 Å². The first kappa shape index (κ1) is 26.7. The number of rotatable bonds is 11. The summed E-state index contributed by atoms with van der Waals surface area (Å²) in [6, 6.07) is 23.8. The van der Waals surface area contributed by atoms with Gasteiger partial charge in [-0.1, -0.05) is 83.9 Å². The zero-order chi connectivity index (χ0) is 25.4. The van der Waals surface area contributed by atoms with Gasteiger partial charge in [0.25, 0.3) is 0 Å². The van der Waals surface area contributed by atoms with Crippen molar-refractivity contribution in [3.8, 4) is 11.1 Å². The van der Waals surface area contributed by atoms with Crippen LogP contribution >= 0.6 is 23.2 Å². The molecule has 7 heteroatoms. The molecule has 0 radical (unpaired) electrons.